The summed E-state index contributed by atoms with van der Waals surface area (Å²) in [7, 11) is -4.11. The van der Waals surface area contributed by atoms with Gasteiger partial charge in [-0.1, -0.05) is 24.0 Å². The molecule has 1 aromatic heterocycles. The highest BCUT2D eigenvalue weighted by atomic mass is 32.2. The van der Waals surface area contributed by atoms with Crippen molar-refractivity contribution < 1.29 is 17.8 Å². The zero-order valence-electron chi connectivity index (χ0n) is 10.4. The minimum atomic E-state index is -4.11. The molecule has 1 aliphatic rings. The van der Waals surface area contributed by atoms with Crippen LogP contribution in [0, 0.1) is 6.92 Å². The summed E-state index contributed by atoms with van der Waals surface area (Å²) < 4.78 is 30.5. The van der Waals surface area contributed by atoms with Crippen LogP contribution in [0.25, 0.3) is 6.08 Å². The molecular weight excluding hydrogens is 338 g/mol. The van der Waals surface area contributed by atoms with Crippen molar-refractivity contribution >= 4 is 61.7 Å². The Hall–Kier alpha value is -0.740. The molecule has 0 saturated carbocycles. The Morgan fingerprint density at radius 3 is 2.75 bits per heavy atom. The van der Waals surface area contributed by atoms with Crippen molar-refractivity contribution in [1.82, 2.24) is 4.90 Å². The van der Waals surface area contributed by atoms with Crippen LogP contribution in [-0.2, 0) is 14.9 Å². The number of hydrogen-bond donors (Lipinski definition) is 1. The fourth-order valence-corrected chi connectivity index (χ4v) is 4.19. The smallest absolute Gasteiger partial charge is 0.266 e. The van der Waals surface area contributed by atoms with Gasteiger partial charge < -0.3 is 0 Å². The summed E-state index contributed by atoms with van der Waals surface area (Å²) in [5.74, 6) is -0.846. The molecule has 0 unspecified atom stereocenters. The molecule has 0 atom stereocenters. The standard InChI is InChI=1S/C11H11NO4S4/c1-7-2-4-18-8(7)6-9-10(13)12(11(17)19-9)3-5-20(14,15)16/h2,4,6H,3,5H2,1H3,(H,14,15,16). The van der Waals surface area contributed by atoms with Gasteiger partial charge in [0.1, 0.15) is 4.32 Å². The quantitative estimate of drug-likeness (QED) is 0.510. The van der Waals surface area contributed by atoms with Crippen LogP contribution in [0.4, 0.5) is 0 Å². The summed E-state index contributed by atoms with van der Waals surface area (Å²) in [6, 6.07) is 1.95. The third-order valence-electron chi connectivity index (χ3n) is 2.61. The van der Waals surface area contributed by atoms with Gasteiger partial charge in [0.15, 0.2) is 0 Å². The number of thiocarbonyl (C=S) groups is 1. The van der Waals surface area contributed by atoms with Crippen molar-refractivity contribution in [3.05, 3.63) is 26.8 Å². The van der Waals surface area contributed by atoms with Crippen LogP contribution in [0.5, 0.6) is 0 Å². The molecule has 0 spiro atoms. The van der Waals surface area contributed by atoms with E-state index in [1.54, 1.807) is 6.08 Å². The minimum Gasteiger partial charge on any atom is -0.292 e. The van der Waals surface area contributed by atoms with E-state index in [1.807, 2.05) is 18.4 Å². The van der Waals surface area contributed by atoms with E-state index in [4.69, 9.17) is 16.8 Å². The second-order valence-corrected chi connectivity index (χ2v) is 8.28. The lowest BCUT2D eigenvalue weighted by Crippen LogP contribution is -2.32. The molecule has 0 aliphatic carbocycles. The first kappa shape index (κ1) is 15.6. The Morgan fingerprint density at radius 1 is 1.50 bits per heavy atom. The zero-order chi connectivity index (χ0) is 14.9. The van der Waals surface area contributed by atoms with Gasteiger partial charge in [-0.25, -0.2) is 0 Å². The number of rotatable bonds is 4. The molecule has 2 heterocycles. The SMILES string of the molecule is Cc1ccsc1C=C1SC(=S)N(CCS(=O)(=O)O)C1=O. The molecule has 1 N–H and O–H groups in total. The van der Waals surface area contributed by atoms with E-state index >= 15 is 0 Å². The molecule has 0 radical (unpaired) electrons. The fraction of sp³-hybridized carbons (Fsp3) is 0.273. The van der Waals surface area contributed by atoms with Gasteiger partial charge in [0.25, 0.3) is 16.0 Å². The maximum atomic E-state index is 12.1. The lowest BCUT2D eigenvalue weighted by molar-refractivity contribution is -0.121. The minimum absolute atomic E-state index is 0.135. The first-order valence-electron chi connectivity index (χ1n) is 5.52. The maximum absolute atomic E-state index is 12.1. The Balaban J connectivity index is 2.17. The molecule has 5 nitrogen and oxygen atoms in total. The monoisotopic (exact) mass is 349 g/mol. The fourth-order valence-electron chi connectivity index (χ4n) is 1.55. The van der Waals surface area contributed by atoms with Crippen LogP contribution in [0.3, 0.4) is 0 Å². The average Bonchev–Trinajstić information content (AvgIpc) is 2.83. The summed E-state index contributed by atoms with van der Waals surface area (Å²) in [6.45, 7) is 1.81. The first-order chi connectivity index (χ1) is 9.28. The third-order valence-corrected chi connectivity index (χ3v) is 5.65. The highest BCUT2D eigenvalue weighted by Crippen LogP contribution is 2.33. The van der Waals surface area contributed by atoms with E-state index in [0.29, 0.717) is 9.23 Å². The Bertz CT molecular complexity index is 689. The summed E-state index contributed by atoms with van der Waals surface area (Å²) >= 11 is 7.72. The molecule has 9 heteroatoms. The van der Waals surface area contributed by atoms with Gasteiger partial charge in [0.2, 0.25) is 0 Å². The Labute approximate surface area is 130 Å². The van der Waals surface area contributed by atoms with Crippen molar-refractivity contribution in [1.29, 1.82) is 0 Å². The number of thioether (sulfide) groups is 1. The van der Waals surface area contributed by atoms with Gasteiger partial charge in [0.05, 0.1) is 10.7 Å². The van der Waals surface area contributed by atoms with Crippen LogP contribution >= 0.6 is 35.3 Å². The van der Waals surface area contributed by atoms with Gasteiger partial charge in [0, 0.05) is 11.4 Å². The molecule has 1 saturated heterocycles. The van der Waals surface area contributed by atoms with Crippen molar-refractivity contribution in [2.75, 3.05) is 12.3 Å². The largest absolute Gasteiger partial charge is 0.292 e. The van der Waals surface area contributed by atoms with Gasteiger partial charge in [-0.3, -0.25) is 14.2 Å². The predicted octanol–water partition coefficient (Wildman–Crippen LogP) is 2.15. The highest BCUT2D eigenvalue weighted by Gasteiger charge is 2.32. The molecule has 1 fully saturated rings. The molecule has 20 heavy (non-hydrogen) atoms. The second-order valence-electron chi connectivity index (χ2n) is 4.09. The number of aryl methyl sites for hydroxylation is 1. The lowest BCUT2D eigenvalue weighted by Gasteiger charge is -2.12. The van der Waals surface area contributed by atoms with E-state index in [-0.39, 0.29) is 12.5 Å². The number of thiophene rings is 1. The Morgan fingerprint density at radius 2 is 2.20 bits per heavy atom. The lowest BCUT2D eigenvalue weighted by atomic mass is 10.2. The van der Waals surface area contributed by atoms with Crippen molar-refractivity contribution in [2.24, 2.45) is 0 Å². The molecule has 0 aromatic carbocycles. The van der Waals surface area contributed by atoms with Crippen LogP contribution in [0.2, 0.25) is 0 Å². The number of hydrogen-bond acceptors (Lipinski definition) is 6. The predicted molar refractivity (Wildman–Crippen MR) is 85.4 cm³/mol. The second kappa shape index (κ2) is 5.94. The number of carbonyl (C=O) groups excluding carboxylic acids is 1. The topological polar surface area (TPSA) is 74.7 Å². The van der Waals surface area contributed by atoms with E-state index in [1.165, 1.54) is 16.2 Å². The van der Waals surface area contributed by atoms with Gasteiger partial charge >= 0.3 is 0 Å². The Kier molecular flexibility index (Phi) is 4.65. The van der Waals surface area contributed by atoms with E-state index in [0.717, 1.165) is 22.2 Å². The first-order valence-corrected chi connectivity index (χ1v) is 9.24. The average molecular weight is 349 g/mol. The molecule has 2 rings (SSSR count). The number of nitrogens with zero attached hydrogens (tertiary/aromatic N) is 1. The van der Waals surface area contributed by atoms with Gasteiger partial charge in [-0.15, -0.1) is 11.3 Å². The van der Waals surface area contributed by atoms with Crippen LogP contribution in [-0.4, -0.2) is 40.4 Å². The van der Waals surface area contributed by atoms with Crippen LogP contribution in [0.1, 0.15) is 10.4 Å². The molecular formula is C11H11NO4S4. The summed E-state index contributed by atoms with van der Waals surface area (Å²) in [4.78, 5) is 14.8. The summed E-state index contributed by atoms with van der Waals surface area (Å²) in [5, 5.41) is 1.93. The normalized spacial score (nSPS) is 18.3. The summed E-state index contributed by atoms with van der Waals surface area (Å²) in [5.41, 5.74) is 1.07. The van der Waals surface area contributed by atoms with Gasteiger partial charge in [-0.05, 0) is 30.0 Å². The zero-order valence-corrected chi connectivity index (χ0v) is 13.7. The molecule has 1 aromatic rings. The van der Waals surface area contributed by atoms with Crippen molar-refractivity contribution in [3.8, 4) is 0 Å². The van der Waals surface area contributed by atoms with Gasteiger partial charge in [-0.2, -0.15) is 8.42 Å². The molecule has 108 valence electrons. The van der Waals surface area contributed by atoms with Crippen LogP contribution in [0.15, 0.2) is 16.4 Å². The summed E-state index contributed by atoms with van der Waals surface area (Å²) in [6.07, 6.45) is 1.76. The number of amides is 1. The van der Waals surface area contributed by atoms with E-state index in [2.05, 4.69) is 0 Å². The van der Waals surface area contributed by atoms with Crippen LogP contribution < -0.4 is 0 Å². The van der Waals surface area contributed by atoms with E-state index < -0.39 is 15.9 Å². The van der Waals surface area contributed by atoms with Crippen molar-refractivity contribution in [3.63, 3.8) is 0 Å². The third kappa shape index (κ3) is 3.67. The maximum Gasteiger partial charge on any atom is 0.266 e. The highest BCUT2D eigenvalue weighted by molar-refractivity contribution is 8.26. The molecule has 0 bridgehead atoms. The molecule has 1 aliphatic heterocycles. The van der Waals surface area contributed by atoms with Crippen molar-refractivity contribution in [2.45, 2.75) is 6.92 Å². The molecule has 1 amide bonds. The number of carbonyl (C=O) groups is 1. The van der Waals surface area contributed by atoms with E-state index in [9.17, 15) is 13.2 Å².